The van der Waals surface area contributed by atoms with Crippen LogP contribution in [0.4, 0.5) is 0 Å². The summed E-state index contributed by atoms with van der Waals surface area (Å²) in [7, 11) is -1.21. The summed E-state index contributed by atoms with van der Waals surface area (Å²) in [5.41, 5.74) is 4.41. The number of hydrogen-bond donors (Lipinski definition) is 0. The molecular formula is C11H13Si. The lowest BCUT2D eigenvalue weighted by molar-refractivity contribution is 1.64. The van der Waals surface area contributed by atoms with Gasteiger partial charge in [-0.05, 0) is 18.2 Å². The molecule has 0 atom stereocenters. The molecule has 1 rings (SSSR count). The van der Waals surface area contributed by atoms with Gasteiger partial charge in [0.1, 0.15) is 8.07 Å². The van der Waals surface area contributed by atoms with Gasteiger partial charge < -0.3 is 0 Å². The van der Waals surface area contributed by atoms with E-state index in [0.717, 1.165) is 5.56 Å². The lowest BCUT2D eigenvalue weighted by Gasteiger charge is -2.02. The summed E-state index contributed by atoms with van der Waals surface area (Å²) in [5.74, 6) is 3.18. The third kappa shape index (κ3) is 3.41. The van der Waals surface area contributed by atoms with E-state index in [4.69, 9.17) is 0 Å². The van der Waals surface area contributed by atoms with Crippen molar-refractivity contribution < 1.29 is 0 Å². The lowest BCUT2D eigenvalue weighted by atomic mass is 10.2. The third-order valence-electron chi connectivity index (χ3n) is 1.30. The molecule has 0 fully saturated rings. The molecule has 0 unspecified atom stereocenters. The maximum Gasteiger partial charge on any atom is 0.129 e. The molecule has 0 aliphatic carbocycles. The van der Waals surface area contributed by atoms with E-state index in [1.165, 1.54) is 0 Å². The summed E-state index contributed by atoms with van der Waals surface area (Å²) < 4.78 is 0. The van der Waals surface area contributed by atoms with E-state index in [1.807, 2.05) is 24.3 Å². The zero-order valence-corrected chi connectivity index (χ0v) is 8.81. The zero-order valence-electron chi connectivity index (χ0n) is 7.81. The predicted octanol–water partition coefficient (Wildman–Crippen LogP) is 2.72. The molecule has 0 saturated carbocycles. The van der Waals surface area contributed by atoms with Gasteiger partial charge in [-0.2, -0.15) is 0 Å². The Morgan fingerprint density at radius 2 is 1.75 bits per heavy atom. The molecule has 0 saturated heterocycles. The van der Waals surface area contributed by atoms with Gasteiger partial charge in [0.15, 0.2) is 0 Å². The summed E-state index contributed by atoms with van der Waals surface area (Å²) in [4.78, 5) is 0. The molecule has 0 aliphatic heterocycles. The fraction of sp³-hybridized carbons (Fsp3) is 0.273. The van der Waals surface area contributed by atoms with Gasteiger partial charge in [0.05, 0.1) is 0 Å². The monoisotopic (exact) mass is 173 g/mol. The lowest BCUT2D eigenvalue weighted by Crippen LogP contribution is -2.16. The van der Waals surface area contributed by atoms with Crippen LogP contribution in [0.2, 0.25) is 19.6 Å². The van der Waals surface area contributed by atoms with Crippen LogP contribution in [0.3, 0.4) is 0 Å². The zero-order chi connectivity index (χ0) is 9.03. The quantitative estimate of drug-likeness (QED) is 0.418. The molecule has 0 heterocycles. The third-order valence-corrected chi connectivity index (χ3v) is 2.18. The SMILES string of the molecule is C[Si](C)(C)C#Cc1cc[c]cc1. The van der Waals surface area contributed by atoms with Gasteiger partial charge in [0.25, 0.3) is 0 Å². The van der Waals surface area contributed by atoms with Gasteiger partial charge in [-0.3, -0.25) is 0 Å². The minimum Gasteiger partial charge on any atom is -0.127 e. The molecule has 1 aromatic rings. The molecule has 0 spiro atoms. The van der Waals surface area contributed by atoms with Gasteiger partial charge in [-0.25, -0.2) is 0 Å². The van der Waals surface area contributed by atoms with Crippen LogP contribution in [0.5, 0.6) is 0 Å². The maximum atomic E-state index is 3.31. The molecule has 1 aromatic carbocycles. The normalized spacial score (nSPS) is 10.2. The second-order valence-corrected chi connectivity index (χ2v) is 8.54. The van der Waals surface area contributed by atoms with Gasteiger partial charge >= 0.3 is 0 Å². The Labute approximate surface area is 75.6 Å². The molecule has 12 heavy (non-hydrogen) atoms. The highest BCUT2D eigenvalue weighted by molar-refractivity contribution is 6.83. The van der Waals surface area contributed by atoms with Crippen LogP contribution in [-0.2, 0) is 0 Å². The second kappa shape index (κ2) is 3.60. The minimum absolute atomic E-state index is 1.09. The van der Waals surface area contributed by atoms with E-state index < -0.39 is 8.07 Å². The number of benzene rings is 1. The fourth-order valence-electron chi connectivity index (χ4n) is 0.730. The van der Waals surface area contributed by atoms with E-state index in [9.17, 15) is 0 Å². The summed E-state index contributed by atoms with van der Waals surface area (Å²) in [6, 6.07) is 10.8. The van der Waals surface area contributed by atoms with Crippen LogP contribution >= 0.6 is 0 Å². The molecule has 0 aromatic heterocycles. The highest BCUT2D eigenvalue weighted by atomic mass is 28.3. The average Bonchev–Trinajstić information content (AvgIpc) is 2.02. The minimum atomic E-state index is -1.21. The summed E-state index contributed by atoms with van der Waals surface area (Å²) in [6.07, 6.45) is 0. The van der Waals surface area contributed by atoms with Crippen molar-refractivity contribution in [2.75, 3.05) is 0 Å². The first-order valence-electron chi connectivity index (χ1n) is 4.07. The van der Waals surface area contributed by atoms with Crippen molar-refractivity contribution in [3.05, 3.63) is 35.9 Å². The first-order valence-corrected chi connectivity index (χ1v) is 7.57. The largest absolute Gasteiger partial charge is 0.129 e. The highest BCUT2D eigenvalue weighted by Crippen LogP contribution is 1.99. The van der Waals surface area contributed by atoms with Gasteiger partial charge in [-0.1, -0.05) is 37.7 Å². The van der Waals surface area contributed by atoms with Crippen LogP contribution in [0.25, 0.3) is 0 Å². The van der Waals surface area contributed by atoms with E-state index >= 15 is 0 Å². The summed E-state index contributed by atoms with van der Waals surface area (Å²) in [6.45, 7) is 6.74. The van der Waals surface area contributed by atoms with Crippen LogP contribution in [0.15, 0.2) is 24.3 Å². The molecule has 0 aliphatic rings. The van der Waals surface area contributed by atoms with Crippen molar-refractivity contribution in [3.8, 4) is 11.5 Å². The molecule has 1 heteroatoms. The first-order chi connectivity index (χ1) is 5.58. The molecule has 61 valence electrons. The summed E-state index contributed by atoms with van der Waals surface area (Å²) in [5, 5.41) is 0. The van der Waals surface area contributed by atoms with Crippen molar-refractivity contribution in [2.45, 2.75) is 19.6 Å². The Kier molecular flexibility index (Phi) is 2.72. The van der Waals surface area contributed by atoms with Crippen molar-refractivity contribution in [2.24, 2.45) is 0 Å². The Morgan fingerprint density at radius 3 is 2.25 bits per heavy atom. The van der Waals surface area contributed by atoms with E-state index in [0.29, 0.717) is 0 Å². The Morgan fingerprint density at radius 1 is 1.17 bits per heavy atom. The number of hydrogen-bond acceptors (Lipinski definition) is 0. The Balaban J connectivity index is 2.81. The fourth-order valence-corrected chi connectivity index (χ4v) is 1.25. The molecule has 0 amide bonds. The molecular weight excluding hydrogens is 160 g/mol. The standard InChI is InChI=1S/C11H13Si/c1-12(2,3)10-9-11-7-5-4-6-8-11/h5-8H,1-3H3. The van der Waals surface area contributed by atoms with Crippen LogP contribution in [0.1, 0.15) is 5.56 Å². The molecule has 1 radical (unpaired) electrons. The van der Waals surface area contributed by atoms with Gasteiger partial charge in [0, 0.05) is 5.56 Å². The average molecular weight is 173 g/mol. The van der Waals surface area contributed by atoms with E-state index in [-0.39, 0.29) is 0 Å². The van der Waals surface area contributed by atoms with Crippen molar-refractivity contribution in [1.82, 2.24) is 0 Å². The number of rotatable bonds is 0. The van der Waals surface area contributed by atoms with Crippen LogP contribution in [-0.4, -0.2) is 8.07 Å². The molecule has 0 bridgehead atoms. The topological polar surface area (TPSA) is 0 Å². The first kappa shape index (κ1) is 9.09. The van der Waals surface area contributed by atoms with Crippen molar-refractivity contribution in [1.29, 1.82) is 0 Å². The molecule has 0 N–H and O–H groups in total. The Bertz CT molecular complexity index is 295. The summed E-state index contributed by atoms with van der Waals surface area (Å²) >= 11 is 0. The van der Waals surface area contributed by atoms with E-state index in [1.54, 1.807) is 0 Å². The predicted molar refractivity (Wildman–Crippen MR) is 55.5 cm³/mol. The van der Waals surface area contributed by atoms with Crippen molar-refractivity contribution >= 4 is 8.07 Å². The molecule has 0 nitrogen and oxygen atoms in total. The van der Waals surface area contributed by atoms with E-state index in [2.05, 4.69) is 37.2 Å². The van der Waals surface area contributed by atoms with Crippen molar-refractivity contribution in [3.63, 3.8) is 0 Å². The highest BCUT2D eigenvalue weighted by Gasteiger charge is 2.06. The smallest absolute Gasteiger partial charge is 0.127 e. The van der Waals surface area contributed by atoms with Crippen LogP contribution in [0, 0.1) is 17.5 Å². The Hall–Kier alpha value is -1.00. The van der Waals surface area contributed by atoms with Crippen LogP contribution < -0.4 is 0 Å². The maximum absolute atomic E-state index is 3.31. The second-order valence-electron chi connectivity index (χ2n) is 3.79. The van der Waals surface area contributed by atoms with Gasteiger partial charge in [-0.15, -0.1) is 5.54 Å². The van der Waals surface area contributed by atoms with Gasteiger partial charge in [0.2, 0.25) is 0 Å².